The van der Waals surface area contributed by atoms with E-state index >= 15 is 0 Å². The van der Waals surface area contributed by atoms with E-state index in [4.69, 9.17) is 21.1 Å². The molecule has 0 radical (unpaired) electrons. The molecule has 0 aliphatic carbocycles. The smallest absolute Gasteiger partial charge is 0.445 e. The number of hydrogen-bond donors (Lipinski definition) is 0. The van der Waals surface area contributed by atoms with E-state index in [-0.39, 0.29) is 34.4 Å². The van der Waals surface area contributed by atoms with Crippen LogP contribution in [0.3, 0.4) is 0 Å². The Kier molecular flexibility index (Phi) is 14.7. The molecule has 2 aromatic carbocycles. The van der Waals surface area contributed by atoms with E-state index in [1.54, 1.807) is 18.7 Å². The molecule has 0 saturated heterocycles. The normalized spacial score (nSPS) is 11.0. The quantitative estimate of drug-likeness (QED) is 0.118. The first-order chi connectivity index (χ1) is 20.8. The summed E-state index contributed by atoms with van der Waals surface area (Å²) >= 11 is 5.95. The second-order valence-corrected chi connectivity index (χ2v) is 10.8. The molecular weight excluding hydrogens is 624 g/mol. The van der Waals surface area contributed by atoms with Crippen LogP contribution in [-0.2, 0) is 20.5 Å². The zero-order valence-electron chi connectivity index (χ0n) is 25.0. The van der Waals surface area contributed by atoms with Gasteiger partial charge in [-0.05, 0) is 64.4 Å². The third-order valence-electron chi connectivity index (χ3n) is 5.73. The largest absolute Gasteiger partial charge is 0.459 e. The molecule has 3 aromatic rings. The van der Waals surface area contributed by atoms with Gasteiger partial charge in [0, 0.05) is 30.6 Å². The number of nitrogens with zero attached hydrogens (tertiary/aromatic N) is 4. The molecule has 0 aliphatic rings. The van der Waals surface area contributed by atoms with Gasteiger partial charge in [0.15, 0.2) is 6.61 Å². The number of aromatic nitrogens is 2. The summed E-state index contributed by atoms with van der Waals surface area (Å²) in [6.45, 7) is 10.6. The zero-order valence-corrected chi connectivity index (χ0v) is 26.6. The molecule has 240 valence electrons. The molecule has 14 heteroatoms. The highest BCUT2D eigenvalue weighted by molar-refractivity contribution is 7.13. The summed E-state index contributed by atoms with van der Waals surface area (Å²) in [6, 6.07) is 14.9. The summed E-state index contributed by atoms with van der Waals surface area (Å²) < 4.78 is 60.7. The average Bonchev–Trinajstić information content (AvgIpc) is 3.47. The van der Waals surface area contributed by atoms with Crippen molar-refractivity contribution in [2.75, 3.05) is 37.1 Å². The first kappa shape index (κ1) is 36.6. The van der Waals surface area contributed by atoms with Crippen LogP contribution in [0.4, 0.5) is 23.2 Å². The van der Waals surface area contributed by atoms with Gasteiger partial charge in [0.2, 0.25) is 10.9 Å². The Morgan fingerprint density at radius 3 is 2.14 bits per heavy atom. The number of halogens is 5. The van der Waals surface area contributed by atoms with E-state index in [9.17, 15) is 27.2 Å². The van der Waals surface area contributed by atoms with Gasteiger partial charge in [0.05, 0.1) is 6.61 Å². The second-order valence-electron chi connectivity index (χ2n) is 9.58. The lowest BCUT2D eigenvalue weighted by Gasteiger charge is -2.26. The summed E-state index contributed by atoms with van der Waals surface area (Å²) in [5.74, 6) is -1.08. The van der Waals surface area contributed by atoms with Crippen molar-refractivity contribution in [3.8, 4) is 5.19 Å². The molecule has 2 amide bonds. The van der Waals surface area contributed by atoms with Crippen LogP contribution in [0.5, 0.6) is 5.19 Å². The maximum Gasteiger partial charge on any atom is 0.445 e. The van der Waals surface area contributed by atoms with Crippen LogP contribution in [0.2, 0.25) is 0 Å². The third kappa shape index (κ3) is 11.2. The number of ether oxygens (including phenoxy) is 2. The Morgan fingerprint density at radius 2 is 1.64 bits per heavy atom. The van der Waals surface area contributed by atoms with Crippen molar-refractivity contribution < 1.29 is 36.6 Å². The third-order valence-corrected chi connectivity index (χ3v) is 6.84. The average molecular weight is 659 g/mol. The van der Waals surface area contributed by atoms with Crippen LogP contribution in [0, 0.1) is 5.82 Å². The van der Waals surface area contributed by atoms with Crippen LogP contribution in [-0.4, -0.2) is 65.2 Å². The fraction of sp³-hybridized carbons (Fsp3) is 0.400. The maximum absolute atomic E-state index is 13.0. The number of amides is 2. The molecule has 0 saturated carbocycles. The number of carbonyl (C=O) groups is 2. The summed E-state index contributed by atoms with van der Waals surface area (Å²) in [5.41, 5.74) is 3.46. The summed E-state index contributed by atoms with van der Waals surface area (Å²) in [5, 5.41) is 4.72. The molecule has 0 unspecified atom stereocenters. The lowest BCUT2D eigenvalue weighted by Crippen LogP contribution is -2.40. The molecule has 0 N–H and O–H groups in total. The van der Waals surface area contributed by atoms with E-state index in [0.717, 1.165) is 16.8 Å². The molecule has 1 heterocycles. The SMILES string of the molecule is CC(C)N(C(=O)COc1nnc(C(F)(F)F)s1)c1ccc(F)cc1.CCOCCN(C(=O)CCl)C(=C(C)C)c1ccccc1. The van der Waals surface area contributed by atoms with Gasteiger partial charge in [-0.1, -0.05) is 52.3 Å². The predicted molar refractivity (Wildman–Crippen MR) is 163 cm³/mol. The van der Waals surface area contributed by atoms with E-state index in [1.807, 2.05) is 51.1 Å². The van der Waals surface area contributed by atoms with Crippen molar-refractivity contribution in [2.45, 2.75) is 46.8 Å². The van der Waals surface area contributed by atoms with Crippen LogP contribution in [0.1, 0.15) is 45.2 Å². The molecule has 0 atom stereocenters. The van der Waals surface area contributed by atoms with Crippen LogP contribution >= 0.6 is 22.9 Å². The summed E-state index contributed by atoms with van der Waals surface area (Å²) in [6.07, 6.45) is -4.61. The molecule has 0 spiro atoms. The maximum atomic E-state index is 13.0. The molecule has 1 aromatic heterocycles. The number of hydrogen-bond acceptors (Lipinski definition) is 7. The predicted octanol–water partition coefficient (Wildman–Crippen LogP) is 7.06. The summed E-state index contributed by atoms with van der Waals surface area (Å²) in [7, 11) is 0. The second kappa shape index (κ2) is 17.7. The number of carbonyl (C=O) groups excluding carboxylic acids is 2. The minimum atomic E-state index is -4.61. The monoisotopic (exact) mass is 658 g/mol. The van der Waals surface area contributed by atoms with Gasteiger partial charge in [-0.3, -0.25) is 9.59 Å². The molecule has 8 nitrogen and oxygen atoms in total. The topological polar surface area (TPSA) is 84.9 Å². The first-order valence-corrected chi connectivity index (χ1v) is 14.9. The van der Waals surface area contributed by atoms with Crippen LogP contribution in [0.25, 0.3) is 5.70 Å². The Balaban J connectivity index is 0.000000312. The minimum absolute atomic E-state index is 0.0320. The number of allylic oxidation sites excluding steroid dienone is 1. The van der Waals surface area contributed by atoms with Gasteiger partial charge >= 0.3 is 6.18 Å². The van der Waals surface area contributed by atoms with Crippen molar-refractivity contribution in [3.05, 3.63) is 76.6 Å². The number of rotatable bonds is 12. The van der Waals surface area contributed by atoms with Crippen molar-refractivity contribution >= 4 is 46.1 Å². The summed E-state index contributed by atoms with van der Waals surface area (Å²) in [4.78, 5) is 27.5. The first-order valence-electron chi connectivity index (χ1n) is 13.6. The van der Waals surface area contributed by atoms with Gasteiger partial charge in [-0.15, -0.1) is 16.7 Å². The minimum Gasteiger partial charge on any atom is -0.459 e. The number of alkyl halides is 4. The fourth-order valence-corrected chi connectivity index (χ4v) is 4.66. The Hall–Kier alpha value is -3.55. The van der Waals surface area contributed by atoms with Gasteiger partial charge in [0.1, 0.15) is 11.7 Å². The van der Waals surface area contributed by atoms with Crippen molar-refractivity contribution in [1.29, 1.82) is 0 Å². The van der Waals surface area contributed by atoms with E-state index in [0.29, 0.717) is 25.4 Å². The molecule has 0 bridgehead atoms. The van der Waals surface area contributed by atoms with E-state index < -0.39 is 29.5 Å². The number of anilines is 1. The van der Waals surface area contributed by atoms with Crippen molar-refractivity contribution in [2.24, 2.45) is 0 Å². The highest BCUT2D eigenvalue weighted by atomic mass is 35.5. The molecule has 3 rings (SSSR count). The molecule has 0 fully saturated rings. The lowest BCUT2D eigenvalue weighted by atomic mass is 10.1. The van der Waals surface area contributed by atoms with Crippen LogP contribution < -0.4 is 9.64 Å². The van der Waals surface area contributed by atoms with Gasteiger partial charge < -0.3 is 19.3 Å². The van der Waals surface area contributed by atoms with Crippen molar-refractivity contribution in [3.63, 3.8) is 0 Å². The van der Waals surface area contributed by atoms with Crippen molar-refractivity contribution in [1.82, 2.24) is 15.1 Å². The Morgan fingerprint density at radius 1 is 1.00 bits per heavy atom. The highest BCUT2D eigenvalue weighted by Gasteiger charge is 2.36. The zero-order chi connectivity index (χ0) is 32.9. The standard InChI is InChI=1S/C16H22ClNO2.C14H13F4N3O2S/c1-4-20-11-10-18(15(19)12-17)16(13(2)3)14-8-6-5-7-9-14;1-8(2)21(10-5-3-9(15)4-6-10)11(22)7-23-13-20-19-12(24-13)14(16,17)18/h5-9H,4,10-12H2,1-3H3;3-6,8H,7H2,1-2H3. The van der Waals surface area contributed by atoms with Gasteiger partial charge in [-0.2, -0.15) is 13.2 Å². The van der Waals surface area contributed by atoms with E-state index in [1.165, 1.54) is 29.2 Å². The number of benzene rings is 2. The Bertz CT molecular complexity index is 1370. The van der Waals surface area contributed by atoms with Gasteiger partial charge in [-0.25, -0.2) is 4.39 Å². The van der Waals surface area contributed by atoms with E-state index in [2.05, 4.69) is 10.2 Å². The highest BCUT2D eigenvalue weighted by Crippen LogP contribution is 2.34. The van der Waals surface area contributed by atoms with Gasteiger partial charge in [0.25, 0.3) is 11.1 Å². The molecular formula is C30H35ClF4N4O4S. The van der Waals surface area contributed by atoms with Crippen LogP contribution in [0.15, 0.2) is 60.2 Å². The lowest BCUT2D eigenvalue weighted by molar-refractivity contribution is -0.138. The fourth-order valence-electron chi connectivity index (χ4n) is 3.95. The molecule has 0 aliphatic heterocycles. The Labute approximate surface area is 263 Å². The molecule has 44 heavy (non-hydrogen) atoms.